The Labute approximate surface area is 200 Å². The summed E-state index contributed by atoms with van der Waals surface area (Å²) in [6, 6.07) is 13.9. The number of aromatic nitrogens is 2. The van der Waals surface area contributed by atoms with E-state index in [4.69, 9.17) is 16.3 Å². The molecule has 33 heavy (non-hydrogen) atoms. The first-order valence-electron chi connectivity index (χ1n) is 11.5. The number of methoxy groups -OCH3 is 1. The monoisotopic (exact) mass is 466 g/mol. The molecule has 0 aliphatic carbocycles. The van der Waals surface area contributed by atoms with Crippen LogP contribution in [0, 0.1) is 5.92 Å². The van der Waals surface area contributed by atoms with Crippen molar-refractivity contribution in [3.8, 4) is 5.88 Å². The molecular formula is C26H31ClN4O2. The van der Waals surface area contributed by atoms with Crippen molar-refractivity contribution in [2.45, 2.75) is 18.9 Å². The molecule has 2 atom stereocenters. The number of halogens is 1. The smallest absolute Gasteiger partial charge is 0.232 e. The molecule has 0 spiro atoms. The topological polar surface area (TPSA) is 70.5 Å². The van der Waals surface area contributed by atoms with Crippen LogP contribution in [0.1, 0.15) is 30.1 Å². The molecule has 0 radical (unpaired) electrons. The molecule has 3 aromatic rings. The summed E-state index contributed by atoms with van der Waals surface area (Å²) in [5.41, 5.74) is 3.12. The lowest BCUT2D eigenvalue weighted by molar-refractivity contribution is 0.0851. The number of aliphatic hydroxyl groups is 1. The van der Waals surface area contributed by atoms with Gasteiger partial charge in [0.05, 0.1) is 24.9 Å². The minimum absolute atomic E-state index is 0.406. The minimum atomic E-state index is -0.747. The third-order valence-electron chi connectivity index (χ3n) is 6.06. The highest BCUT2D eigenvalue weighted by atomic mass is 35.5. The van der Waals surface area contributed by atoms with E-state index < -0.39 is 6.10 Å². The Bertz CT molecular complexity index is 1080. The fourth-order valence-electron chi connectivity index (χ4n) is 4.42. The van der Waals surface area contributed by atoms with E-state index in [1.54, 1.807) is 19.4 Å². The number of fused-ring (bicyclic) bond motifs is 1. The van der Waals surface area contributed by atoms with Gasteiger partial charge in [0.2, 0.25) is 5.88 Å². The molecule has 1 fully saturated rings. The second-order valence-corrected chi connectivity index (χ2v) is 8.90. The Morgan fingerprint density at radius 2 is 2.12 bits per heavy atom. The molecule has 2 heterocycles. The summed E-state index contributed by atoms with van der Waals surface area (Å²) in [6.07, 6.45) is 7.45. The second-order valence-electron chi connectivity index (χ2n) is 8.50. The van der Waals surface area contributed by atoms with Gasteiger partial charge in [0.1, 0.15) is 5.52 Å². The van der Waals surface area contributed by atoms with Gasteiger partial charge in [0.25, 0.3) is 0 Å². The predicted octanol–water partition coefficient (Wildman–Crippen LogP) is 4.34. The molecule has 0 saturated carbocycles. The molecule has 0 bridgehead atoms. The van der Waals surface area contributed by atoms with E-state index in [9.17, 15) is 5.11 Å². The number of likely N-dealkylation sites (tertiary alicyclic amines) is 1. The maximum atomic E-state index is 11.1. The molecule has 174 valence electrons. The average Bonchev–Trinajstić information content (AvgIpc) is 2.84. The predicted molar refractivity (Wildman–Crippen MR) is 134 cm³/mol. The first kappa shape index (κ1) is 23.6. The number of nitrogens with zero attached hydrogens (tertiary/aromatic N) is 3. The quantitative estimate of drug-likeness (QED) is 0.457. The number of β-amino-alcohol motifs (C(OH)–C–C–N with tert-alkyl or cyclic N) is 1. The zero-order valence-electron chi connectivity index (χ0n) is 19.0. The third kappa shape index (κ3) is 6.30. The van der Waals surface area contributed by atoms with Crippen LogP contribution in [0.25, 0.3) is 17.1 Å². The van der Waals surface area contributed by atoms with Crippen LogP contribution in [0.4, 0.5) is 0 Å². The Kier molecular flexibility index (Phi) is 8.29. The lowest BCUT2D eigenvalue weighted by Crippen LogP contribution is -2.41. The molecule has 7 heteroatoms. The highest BCUT2D eigenvalue weighted by Gasteiger charge is 2.25. The zero-order chi connectivity index (χ0) is 23.0. The molecule has 6 nitrogen and oxygen atoms in total. The lowest BCUT2D eigenvalue weighted by atomic mass is 9.97. The van der Waals surface area contributed by atoms with Gasteiger partial charge in [-0.25, -0.2) is 9.97 Å². The zero-order valence-corrected chi connectivity index (χ0v) is 19.7. The first-order chi connectivity index (χ1) is 16.1. The molecule has 2 N–H and O–H groups in total. The summed E-state index contributed by atoms with van der Waals surface area (Å²) in [4.78, 5) is 11.2. The van der Waals surface area contributed by atoms with Gasteiger partial charge in [-0.3, -0.25) is 0 Å². The van der Waals surface area contributed by atoms with Crippen molar-refractivity contribution in [3.05, 3.63) is 70.9 Å². The number of nitrogens with one attached hydrogen (secondary N) is 1. The number of aliphatic hydroxyl groups excluding tert-OH is 1. The largest absolute Gasteiger partial charge is 0.480 e. The van der Waals surface area contributed by atoms with Crippen LogP contribution in [-0.4, -0.2) is 59.8 Å². The Balaban J connectivity index is 1.33. The third-order valence-corrected chi connectivity index (χ3v) is 6.39. The molecule has 1 aliphatic heterocycles. The van der Waals surface area contributed by atoms with Crippen molar-refractivity contribution < 1.29 is 9.84 Å². The van der Waals surface area contributed by atoms with Crippen LogP contribution >= 0.6 is 11.6 Å². The molecule has 2 unspecified atom stereocenters. The number of hydrogen-bond donors (Lipinski definition) is 2. The van der Waals surface area contributed by atoms with Crippen LogP contribution in [0.5, 0.6) is 5.88 Å². The van der Waals surface area contributed by atoms with E-state index >= 15 is 0 Å². The van der Waals surface area contributed by atoms with E-state index in [1.165, 1.54) is 12.0 Å². The Morgan fingerprint density at radius 3 is 2.94 bits per heavy atom. The van der Waals surface area contributed by atoms with Crippen molar-refractivity contribution in [2.75, 3.05) is 39.8 Å². The molecule has 4 rings (SSSR count). The van der Waals surface area contributed by atoms with Crippen LogP contribution < -0.4 is 10.1 Å². The standard InChI is InChI=1S/C26H31ClN4O2/c1-33-24-16-29-22-12-11-21(27)25(26(22)30-24)23(32)18-31-14-6-10-20(17-31)15-28-13-5-9-19-7-3-2-4-8-19/h2-5,7-9,11-12,16,20,23,28,32H,6,10,13-15,17-18H2,1H3/b9-5+. The molecule has 1 aliphatic rings. The first-order valence-corrected chi connectivity index (χ1v) is 11.8. The number of piperidine rings is 1. The van der Waals surface area contributed by atoms with Gasteiger partial charge in [-0.15, -0.1) is 0 Å². The van der Waals surface area contributed by atoms with Crippen molar-refractivity contribution >= 4 is 28.7 Å². The summed E-state index contributed by atoms with van der Waals surface area (Å²) in [7, 11) is 1.55. The lowest BCUT2D eigenvalue weighted by Gasteiger charge is -2.34. The number of rotatable bonds is 9. The van der Waals surface area contributed by atoms with Crippen molar-refractivity contribution in [3.63, 3.8) is 0 Å². The Morgan fingerprint density at radius 1 is 1.27 bits per heavy atom. The summed E-state index contributed by atoms with van der Waals surface area (Å²) >= 11 is 6.48. The summed E-state index contributed by atoms with van der Waals surface area (Å²) < 4.78 is 5.22. The summed E-state index contributed by atoms with van der Waals surface area (Å²) in [5.74, 6) is 0.961. The van der Waals surface area contributed by atoms with E-state index in [0.29, 0.717) is 40.0 Å². The van der Waals surface area contributed by atoms with E-state index in [1.807, 2.05) is 24.3 Å². The SMILES string of the molecule is COc1cnc2ccc(Cl)c(C(O)CN3CCCC(CNC/C=C/c4ccccc4)C3)c2n1. The summed E-state index contributed by atoms with van der Waals surface area (Å²) in [6.45, 7) is 4.24. The van der Waals surface area contributed by atoms with Gasteiger partial charge in [0, 0.05) is 30.2 Å². The van der Waals surface area contributed by atoms with Crippen LogP contribution in [0.2, 0.25) is 5.02 Å². The van der Waals surface area contributed by atoms with Gasteiger partial charge >= 0.3 is 0 Å². The van der Waals surface area contributed by atoms with E-state index in [-0.39, 0.29) is 0 Å². The second kappa shape index (κ2) is 11.6. The highest BCUT2D eigenvalue weighted by molar-refractivity contribution is 6.32. The van der Waals surface area contributed by atoms with Crippen LogP contribution in [0.15, 0.2) is 54.7 Å². The van der Waals surface area contributed by atoms with Gasteiger partial charge in [-0.2, -0.15) is 0 Å². The maximum Gasteiger partial charge on any atom is 0.232 e. The summed E-state index contributed by atoms with van der Waals surface area (Å²) in [5, 5.41) is 15.1. The van der Waals surface area contributed by atoms with Crippen LogP contribution in [0.3, 0.4) is 0 Å². The highest BCUT2D eigenvalue weighted by Crippen LogP contribution is 2.31. The molecular weight excluding hydrogens is 436 g/mol. The number of benzene rings is 2. The molecule has 0 amide bonds. The van der Waals surface area contributed by atoms with Gasteiger partial charge in [-0.1, -0.05) is 54.1 Å². The maximum absolute atomic E-state index is 11.1. The van der Waals surface area contributed by atoms with Crippen molar-refractivity contribution in [1.29, 1.82) is 0 Å². The van der Waals surface area contributed by atoms with Crippen LogP contribution in [-0.2, 0) is 0 Å². The average molecular weight is 467 g/mol. The van der Waals surface area contributed by atoms with Crippen molar-refractivity contribution in [2.24, 2.45) is 5.92 Å². The van der Waals surface area contributed by atoms with Gasteiger partial charge < -0.3 is 20.1 Å². The van der Waals surface area contributed by atoms with E-state index in [2.05, 4.69) is 44.5 Å². The Hall–Kier alpha value is -2.51. The molecule has 2 aromatic carbocycles. The fraction of sp³-hybridized carbons (Fsp3) is 0.385. The molecule has 1 saturated heterocycles. The minimum Gasteiger partial charge on any atom is -0.480 e. The van der Waals surface area contributed by atoms with E-state index in [0.717, 1.165) is 32.6 Å². The van der Waals surface area contributed by atoms with Gasteiger partial charge in [0.15, 0.2) is 0 Å². The number of ether oxygens (including phenoxy) is 1. The number of hydrogen-bond acceptors (Lipinski definition) is 6. The fourth-order valence-corrected chi connectivity index (χ4v) is 4.70. The van der Waals surface area contributed by atoms with Gasteiger partial charge in [-0.05, 0) is 49.5 Å². The normalized spacial score (nSPS) is 18.1. The molecule has 1 aromatic heterocycles. The van der Waals surface area contributed by atoms with Crippen molar-refractivity contribution in [1.82, 2.24) is 20.2 Å².